The van der Waals surface area contributed by atoms with E-state index in [0.717, 1.165) is 31.4 Å². The van der Waals surface area contributed by atoms with E-state index in [9.17, 15) is 5.11 Å². The minimum atomic E-state index is -0.604. The van der Waals surface area contributed by atoms with E-state index in [1.54, 1.807) is 0 Å². The van der Waals surface area contributed by atoms with Gasteiger partial charge in [-0.2, -0.15) is 5.10 Å². The molecule has 0 radical (unpaired) electrons. The van der Waals surface area contributed by atoms with E-state index >= 15 is 0 Å². The molecule has 2 N–H and O–H groups in total. The lowest BCUT2D eigenvalue weighted by Gasteiger charge is -2.57. The lowest BCUT2D eigenvalue weighted by Crippen LogP contribution is -2.60. The first-order valence-corrected chi connectivity index (χ1v) is 10.9. The van der Waals surface area contributed by atoms with E-state index in [1.807, 2.05) is 18.2 Å². The van der Waals surface area contributed by atoms with E-state index < -0.39 is 5.60 Å². The van der Waals surface area contributed by atoms with Gasteiger partial charge in [-0.05, 0) is 55.2 Å². The normalized spacial score (nSPS) is 36.0. The maximum Gasteiger partial charge on any atom is 0.0762 e. The second kappa shape index (κ2) is 7.36. The SMILES string of the molecule is OC12CCCCC1C(c1ccccc1)C1CCCC2/C1=N/Nc1ccccc1. The molecule has 3 heteroatoms. The van der Waals surface area contributed by atoms with E-state index in [2.05, 4.69) is 47.9 Å². The van der Waals surface area contributed by atoms with Crippen molar-refractivity contribution in [3.8, 4) is 0 Å². The third-order valence-electron chi connectivity index (χ3n) is 7.47. The Morgan fingerprint density at radius 1 is 0.857 bits per heavy atom. The lowest BCUT2D eigenvalue weighted by atomic mass is 9.49. The molecule has 3 nitrogen and oxygen atoms in total. The highest BCUT2D eigenvalue weighted by Gasteiger charge is 2.58. The molecule has 0 amide bonds. The van der Waals surface area contributed by atoms with E-state index in [1.165, 1.54) is 30.5 Å². The highest BCUT2D eigenvalue weighted by Crippen LogP contribution is 2.58. The number of nitrogens with zero attached hydrogens (tertiary/aromatic N) is 1. The van der Waals surface area contributed by atoms with Crippen molar-refractivity contribution < 1.29 is 5.11 Å². The van der Waals surface area contributed by atoms with Crippen LogP contribution in [-0.2, 0) is 0 Å². The van der Waals surface area contributed by atoms with Crippen molar-refractivity contribution in [1.29, 1.82) is 0 Å². The minimum Gasteiger partial charge on any atom is -0.389 e. The molecular weight excluding hydrogens is 344 g/mol. The first-order chi connectivity index (χ1) is 13.8. The molecule has 5 rings (SSSR count). The maximum atomic E-state index is 12.0. The fraction of sp³-hybridized carbons (Fsp3) is 0.480. The molecule has 0 heterocycles. The molecule has 2 bridgehead atoms. The summed E-state index contributed by atoms with van der Waals surface area (Å²) in [5, 5.41) is 16.9. The van der Waals surface area contributed by atoms with E-state index in [-0.39, 0.29) is 5.92 Å². The van der Waals surface area contributed by atoms with Crippen molar-refractivity contribution in [3.63, 3.8) is 0 Å². The van der Waals surface area contributed by atoms with Crippen LogP contribution in [0.3, 0.4) is 0 Å². The quantitative estimate of drug-likeness (QED) is 0.688. The summed E-state index contributed by atoms with van der Waals surface area (Å²) in [5.41, 5.74) is 6.31. The summed E-state index contributed by atoms with van der Waals surface area (Å²) in [5.74, 6) is 1.36. The lowest BCUT2D eigenvalue weighted by molar-refractivity contribution is -0.110. The summed E-state index contributed by atoms with van der Waals surface area (Å²) in [4.78, 5) is 0. The number of aliphatic hydroxyl groups is 1. The van der Waals surface area contributed by atoms with Gasteiger partial charge in [0, 0.05) is 17.5 Å². The van der Waals surface area contributed by atoms with Crippen LogP contribution in [0.2, 0.25) is 0 Å². The number of hydrazone groups is 1. The molecule has 0 saturated heterocycles. The summed E-state index contributed by atoms with van der Waals surface area (Å²) in [6.07, 6.45) is 7.88. The van der Waals surface area contributed by atoms with E-state index in [0.29, 0.717) is 17.8 Å². The zero-order chi connectivity index (χ0) is 19.0. The highest BCUT2D eigenvalue weighted by molar-refractivity contribution is 5.93. The number of rotatable bonds is 3. The standard InChI is InChI=1S/C25H30N2O/c28-25-17-8-7-15-21(25)23(18-10-3-1-4-11-18)20-14-9-16-22(25)24(20)27-26-19-12-5-2-6-13-19/h1-6,10-13,20-23,26,28H,7-9,14-17H2/b27-24+. The number of hydrogen-bond acceptors (Lipinski definition) is 3. The fourth-order valence-corrected chi connectivity index (χ4v) is 6.32. The second-order valence-corrected chi connectivity index (χ2v) is 8.88. The van der Waals surface area contributed by atoms with Crippen LogP contribution in [0.5, 0.6) is 0 Å². The molecule has 3 fully saturated rings. The first kappa shape index (κ1) is 17.9. The number of nitrogens with one attached hydrogen (secondary N) is 1. The summed E-state index contributed by atoms with van der Waals surface area (Å²) in [6.45, 7) is 0. The van der Waals surface area contributed by atoms with Gasteiger partial charge in [0.05, 0.1) is 11.3 Å². The molecule has 5 atom stereocenters. The number of benzene rings is 2. The van der Waals surface area contributed by atoms with Gasteiger partial charge in [-0.3, -0.25) is 5.43 Å². The molecule has 5 unspecified atom stereocenters. The van der Waals surface area contributed by atoms with Crippen LogP contribution in [0, 0.1) is 17.8 Å². The average molecular weight is 375 g/mol. The zero-order valence-electron chi connectivity index (χ0n) is 16.4. The summed E-state index contributed by atoms with van der Waals surface area (Å²) < 4.78 is 0. The molecule has 3 aliphatic carbocycles. The molecule has 2 aromatic rings. The largest absolute Gasteiger partial charge is 0.389 e. The van der Waals surface area contributed by atoms with Gasteiger partial charge in [-0.15, -0.1) is 0 Å². The van der Waals surface area contributed by atoms with Crippen LogP contribution in [-0.4, -0.2) is 16.4 Å². The van der Waals surface area contributed by atoms with Gasteiger partial charge < -0.3 is 5.11 Å². The Balaban J connectivity index is 1.57. The van der Waals surface area contributed by atoms with Gasteiger partial charge in [0.25, 0.3) is 0 Å². The molecule has 2 aromatic carbocycles. The molecule has 0 aliphatic heterocycles. The minimum absolute atomic E-state index is 0.202. The Kier molecular flexibility index (Phi) is 4.72. The van der Waals surface area contributed by atoms with Crippen LogP contribution in [0.4, 0.5) is 5.69 Å². The van der Waals surface area contributed by atoms with Crippen LogP contribution in [0.1, 0.15) is 56.4 Å². The Bertz CT molecular complexity index is 834. The highest BCUT2D eigenvalue weighted by atomic mass is 16.3. The predicted octanol–water partition coefficient (Wildman–Crippen LogP) is 5.59. The third-order valence-corrected chi connectivity index (χ3v) is 7.47. The van der Waals surface area contributed by atoms with Crippen molar-refractivity contribution >= 4 is 11.4 Å². The monoisotopic (exact) mass is 374 g/mol. The average Bonchev–Trinajstić information content (AvgIpc) is 2.75. The van der Waals surface area contributed by atoms with Crippen LogP contribution in [0.25, 0.3) is 0 Å². The summed E-state index contributed by atoms with van der Waals surface area (Å²) >= 11 is 0. The van der Waals surface area contributed by atoms with Gasteiger partial charge in [0.15, 0.2) is 0 Å². The van der Waals surface area contributed by atoms with Crippen molar-refractivity contribution in [1.82, 2.24) is 0 Å². The van der Waals surface area contributed by atoms with Gasteiger partial charge in [0.2, 0.25) is 0 Å². The van der Waals surface area contributed by atoms with E-state index in [4.69, 9.17) is 5.10 Å². The Morgan fingerprint density at radius 3 is 2.39 bits per heavy atom. The van der Waals surface area contributed by atoms with Crippen LogP contribution < -0.4 is 5.43 Å². The summed E-state index contributed by atoms with van der Waals surface area (Å²) in [7, 11) is 0. The number of fused-ring (bicyclic) bond motifs is 4. The van der Waals surface area contributed by atoms with Crippen molar-refractivity contribution in [2.45, 2.75) is 56.5 Å². The van der Waals surface area contributed by atoms with Gasteiger partial charge in [-0.1, -0.05) is 67.8 Å². The molecule has 0 aromatic heterocycles. The van der Waals surface area contributed by atoms with Gasteiger partial charge in [-0.25, -0.2) is 0 Å². The Hall–Kier alpha value is -2.13. The molecule has 28 heavy (non-hydrogen) atoms. The van der Waals surface area contributed by atoms with Crippen molar-refractivity contribution in [3.05, 3.63) is 66.2 Å². The first-order valence-electron chi connectivity index (χ1n) is 10.9. The Morgan fingerprint density at radius 2 is 1.61 bits per heavy atom. The predicted molar refractivity (Wildman–Crippen MR) is 114 cm³/mol. The van der Waals surface area contributed by atoms with Gasteiger partial charge in [0.1, 0.15) is 0 Å². The van der Waals surface area contributed by atoms with Crippen molar-refractivity contribution in [2.75, 3.05) is 5.43 Å². The fourth-order valence-electron chi connectivity index (χ4n) is 6.32. The number of anilines is 1. The molecule has 146 valence electrons. The maximum absolute atomic E-state index is 12.0. The Labute approximate surface area is 167 Å². The van der Waals surface area contributed by atoms with Crippen LogP contribution in [0.15, 0.2) is 65.8 Å². The third kappa shape index (κ3) is 2.97. The molecule has 3 aliphatic rings. The molecule has 3 saturated carbocycles. The topological polar surface area (TPSA) is 44.6 Å². The van der Waals surface area contributed by atoms with Crippen molar-refractivity contribution in [2.24, 2.45) is 22.9 Å². The van der Waals surface area contributed by atoms with Crippen LogP contribution >= 0.6 is 0 Å². The van der Waals surface area contributed by atoms with Gasteiger partial charge >= 0.3 is 0 Å². The smallest absolute Gasteiger partial charge is 0.0762 e. The second-order valence-electron chi connectivity index (χ2n) is 8.88. The molecule has 0 spiro atoms. The number of hydrogen-bond donors (Lipinski definition) is 2. The number of para-hydroxylation sites is 1. The summed E-state index contributed by atoms with van der Waals surface area (Å²) in [6, 6.07) is 21.1. The zero-order valence-corrected chi connectivity index (χ0v) is 16.4. The molecular formula is C25H30N2O.